The quantitative estimate of drug-likeness (QED) is 0.0486. The van der Waals surface area contributed by atoms with Crippen LogP contribution in [0.1, 0.15) is 67.9 Å². The van der Waals surface area contributed by atoms with Crippen molar-refractivity contribution in [2.45, 2.75) is 47.9 Å². The predicted molar refractivity (Wildman–Crippen MR) is 490 cm³/mol. The Balaban J connectivity index is 0.000000137. The van der Waals surface area contributed by atoms with Crippen LogP contribution >= 0.6 is 23.6 Å². The van der Waals surface area contributed by atoms with E-state index in [9.17, 15) is 13.2 Å². The van der Waals surface area contributed by atoms with Gasteiger partial charge >= 0.3 is 6.36 Å². The van der Waals surface area contributed by atoms with E-state index in [4.69, 9.17) is 53.6 Å². The van der Waals surface area contributed by atoms with Gasteiger partial charge in [-0.2, -0.15) is 9.47 Å². The number of rotatable bonds is 26. The number of hydrogen-bond donors (Lipinski definition) is 0. The lowest BCUT2D eigenvalue weighted by Crippen LogP contribution is -2.17. The maximum Gasteiger partial charge on any atom is 0.574 e. The molecule has 134 heavy (non-hydrogen) atoms. The van der Waals surface area contributed by atoms with Gasteiger partial charge in [-0.1, -0.05) is 5.16 Å². The van der Waals surface area contributed by atoms with Crippen molar-refractivity contribution in [3.8, 4) is 115 Å². The van der Waals surface area contributed by atoms with Gasteiger partial charge < -0.3 is 50.8 Å². The van der Waals surface area contributed by atoms with Crippen LogP contribution in [-0.4, -0.2) is 187 Å². The molecule has 12 heterocycles. The number of oxazole rings is 2. The van der Waals surface area contributed by atoms with Crippen molar-refractivity contribution in [2.24, 2.45) is 7.05 Å². The van der Waals surface area contributed by atoms with Gasteiger partial charge in [0.05, 0.1) is 66.8 Å². The summed E-state index contributed by atoms with van der Waals surface area (Å²) in [6.07, 6.45) is 33.9. The fraction of sp³-hybridized carbons (Fsp3) is 0.157. The van der Waals surface area contributed by atoms with E-state index >= 15 is 0 Å². The maximum atomic E-state index is 12.3. The van der Waals surface area contributed by atoms with Gasteiger partial charge in [0.2, 0.25) is 5.89 Å². The van der Waals surface area contributed by atoms with Gasteiger partial charge in [0.25, 0.3) is 11.8 Å². The molecule has 0 N–H and O–H groups in total. The first-order chi connectivity index (χ1) is 64.9. The molecule has 18 rings (SSSR count). The topological polar surface area (TPSA) is 432 Å². The Morgan fingerprint density at radius 2 is 0.761 bits per heavy atom. The van der Waals surface area contributed by atoms with Crippen LogP contribution in [0.4, 0.5) is 13.2 Å². The van der Waals surface area contributed by atoms with Crippen LogP contribution in [0.15, 0.2) is 209 Å². The molecule has 6 aromatic carbocycles. The summed E-state index contributed by atoms with van der Waals surface area (Å²) in [5.41, 5.74) is 12.7. The molecule has 0 spiro atoms. The average molecular weight is 1860 g/mol. The first kappa shape index (κ1) is 94.2. The zero-order chi connectivity index (χ0) is 94.5. The second-order valence-corrected chi connectivity index (χ2v) is 28.8. The number of aromatic nitrogens is 28. The van der Waals surface area contributed by atoms with E-state index in [-0.39, 0.29) is 11.6 Å². The first-order valence-corrected chi connectivity index (χ1v) is 40.7. The van der Waals surface area contributed by atoms with Crippen LogP contribution in [0.3, 0.4) is 0 Å². The number of alkyl halides is 3. The largest absolute Gasteiger partial charge is 0.574 e. The molecule has 0 radical (unpaired) electrons. The van der Waals surface area contributed by atoms with Crippen molar-refractivity contribution in [3.05, 3.63) is 259 Å². The third-order valence-electron chi connectivity index (χ3n) is 17.9. The number of nitrogens with zero attached hydrogens (tertiary/aromatic N) is 28. The number of halogens is 4. The lowest BCUT2D eigenvalue weighted by molar-refractivity contribution is -0.276. The van der Waals surface area contributed by atoms with Gasteiger partial charge in [-0.05, 0) is 213 Å². The van der Waals surface area contributed by atoms with Crippen molar-refractivity contribution in [1.82, 2.24) is 138 Å². The van der Waals surface area contributed by atoms with Gasteiger partial charge in [-0.3, -0.25) is 4.68 Å². The molecule has 0 unspecified atom stereocenters. The summed E-state index contributed by atoms with van der Waals surface area (Å²) < 4.78 is 115. The minimum atomic E-state index is -4.90. The Kier molecular flexibility index (Phi) is 32.0. The highest BCUT2D eigenvalue weighted by molar-refractivity contribution is 6.99. The molecule has 0 saturated carbocycles. The molecule has 18 aromatic rings. The van der Waals surface area contributed by atoms with Crippen molar-refractivity contribution in [1.29, 1.82) is 0 Å². The number of benzene rings is 6. The lowest BCUT2D eigenvalue weighted by Gasteiger charge is -2.04. The van der Waals surface area contributed by atoms with Gasteiger partial charge in [0.1, 0.15) is 120 Å². The van der Waals surface area contributed by atoms with E-state index in [1.807, 2.05) is 152 Å². The van der Waals surface area contributed by atoms with E-state index in [1.54, 1.807) is 195 Å². The second kappa shape index (κ2) is 45.5. The van der Waals surface area contributed by atoms with Crippen molar-refractivity contribution in [2.75, 3.05) is 42.7 Å². The van der Waals surface area contributed by atoms with E-state index in [2.05, 4.69) is 118 Å². The number of aryl methyl sites for hydroxylation is 7. The molecule has 0 fully saturated rings. The average Bonchev–Trinajstić information content (AvgIpc) is 1.68. The molecule has 684 valence electrons. The normalized spacial score (nSPS) is 11.3. The van der Waals surface area contributed by atoms with E-state index < -0.39 is 12.2 Å². The SMILES string of the molecule is COc1cc(C)cc(-c2ncn(/C=C\c3ccon3)n2)c1.COc1cc(C)cc(-c2ncn(/C=C\c3cnco3)n2)c1.COc1cc(C)cc(-c2ncn(/C=C\c3ncco3)n2)c1.COc1cc(C)cc(-c2ncn(/C=C\c3ncn(C)n3)n2)c1.COc1cc(C)cc(-c2ncn(/C=C\c3nonc3OC(F)(F)F)n2)c1.COc1cc(C)cc(-c2ncn(/C=C\c3nsnc3OCl)n2)c1. The summed E-state index contributed by atoms with van der Waals surface area (Å²) in [6.45, 7) is 11.9. The highest BCUT2D eigenvalue weighted by atomic mass is 35.5. The maximum absolute atomic E-state index is 12.3. The Morgan fingerprint density at radius 3 is 1.10 bits per heavy atom. The molecular weight excluding hydrogens is 1780 g/mol. The molecule has 0 aliphatic heterocycles. The monoisotopic (exact) mass is 1860 g/mol. The number of hydrogen-bond acceptors (Lipinski definition) is 34. The summed E-state index contributed by atoms with van der Waals surface area (Å²) >= 11 is 6.32. The molecule has 0 saturated heterocycles. The molecule has 12 aromatic heterocycles. The van der Waals surface area contributed by atoms with Crippen LogP contribution in [0, 0.1) is 41.5 Å². The molecule has 45 heteroatoms. The minimum absolute atomic E-state index is 0.239. The van der Waals surface area contributed by atoms with Crippen LogP contribution in [0.2, 0.25) is 0 Å². The summed E-state index contributed by atoms with van der Waals surface area (Å²) in [4.78, 5) is 37.6. The van der Waals surface area contributed by atoms with E-state index in [0.29, 0.717) is 63.9 Å². The van der Waals surface area contributed by atoms with E-state index in [0.717, 1.165) is 113 Å². The summed E-state index contributed by atoms with van der Waals surface area (Å²) in [7, 11) is 11.6. The predicted octanol–water partition coefficient (Wildman–Crippen LogP) is 17.1. The molecule has 0 atom stereocenters. The minimum Gasteiger partial charge on any atom is -0.497 e. The van der Waals surface area contributed by atoms with Crippen molar-refractivity contribution in [3.63, 3.8) is 0 Å². The smallest absolute Gasteiger partial charge is 0.497 e. The summed E-state index contributed by atoms with van der Waals surface area (Å²) in [5, 5.41) is 40.6. The molecule has 0 amide bonds. The molecule has 0 aliphatic carbocycles. The van der Waals surface area contributed by atoms with Gasteiger partial charge in [-0.25, -0.2) is 77.6 Å². The highest BCUT2D eigenvalue weighted by Gasteiger charge is 2.34. The Morgan fingerprint density at radius 1 is 0.381 bits per heavy atom. The highest BCUT2D eigenvalue weighted by Crippen LogP contribution is 2.31. The summed E-state index contributed by atoms with van der Waals surface area (Å²) in [6, 6.07) is 36.7. The Labute approximate surface area is 770 Å². The van der Waals surface area contributed by atoms with Gasteiger partial charge in [0, 0.05) is 102 Å². The standard InChI is InChI=1S/C15H12F3N5O3.C15H16N6O.3C15H14N4O2.C14H12ClN5O2S/c1-9-5-10(7-11(6-9)24-2)13-19-8-23(20-13)4-3-12-14(22-26-21-12)25-15(16,17)18;1-11-6-12(8-13(7-11)22-3)15-17-10-21(19-15)5-4-14-16-9-20(2)18-14;1-11-7-12(9-13(8-11)20-2)15-17-10-19(18-15)5-3-14-16-4-6-21-14;1-11-7-12(9-14(8-11)20-2)15-16-10-19(17-15)5-3-13-4-6-21-18-13;1-11-5-12(7-14(6-11)20-2)15-17-9-19(18-15)4-3-13-8-16-10-21-13;1-9-5-10(7-11(6-9)21-2)13-16-8-20(17-13)4-3-12-14(22-15)19-23-18-12/h3-8H,1-2H3;4-10H,1-3H3;3*3-10H,1-2H3;3-8H,1-2H3/b4-3-;5-4-;2*5-3-;2*4-3-. The van der Waals surface area contributed by atoms with Crippen LogP contribution in [0.25, 0.3) is 142 Å². The molecule has 0 aliphatic rings. The Bertz CT molecular complexity index is 6710. The lowest BCUT2D eigenvalue weighted by atomic mass is 10.1. The fourth-order valence-corrected chi connectivity index (χ4v) is 12.5. The second-order valence-electron chi connectivity index (χ2n) is 28.1. The first-order valence-electron chi connectivity index (χ1n) is 39.7. The third kappa shape index (κ3) is 27.5. The molecule has 0 bridgehead atoms. The van der Waals surface area contributed by atoms with Gasteiger partial charge in [-0.15, -0.1) is 48.1 Å². The zero-order valence-electron chi connectivity index (χ0n) is 73.7. The van der Waals surface area contributed by atoms with Crippen LogP contribution in [0.5, 0.6) is 46.3 Å². The number of methoxy groups -OCH3 is 6. The number of ether oxygens (including phenoxy) is 7. The summed E-state index contributed by atoms with van der Waals surface area (Å²) in [5.74, 6) is 9.42. The Hall–Kier alpha value is -17.5. The van der Waals surface area contributed by atoms with Crippen LogP contribution in [-0.2, 0) is 7.05 Å². The third-order valence-corrected chi connectivity index (χ3v) is 18.5. The molecular formula is C89H82ClF3N28O12S. The fourth-order valence-electron chi connectivity index (χ4n) is 11.9. The van der Waals surface area contributed by atoms with Crippen molar-refractivity contribution >= 4 is 97.3 Å². The van der Waals surface area contributed by atoms with E-state index in [1.165, 1.54) is 42.2 Å². The van der Waals surface area contributed by atoms with Crippen molar-refractivity contribution < 1.29 is 68.6 Å². The zero-order valence-corrected chi connectivity index (χ0v) is 75.2. The van der Waals surface area contributed by atoms with Crippen LogP contribution < -0.4 is 37.4 Å². The molecule has 40 nitrogen and oxygen atoms in total. The van der Waals surface area contributed by atoms with Gasteiger partial charge in [0.15, 0.2) is 52.9 Å².